The quantitative estimate of drug-likeness (QED) is 0.753. The van der Waals surface area contributed by atoms with Crippen molar-refractivity contribution < 1.29 is 19.4 Å². The zero-order chi connectivity index (χ0) is 16.7. The molecule has 2 rings (SSSR count). The van der Waals surface area contributed by atoms with E-state index < -0.39 is 5.97 Å². The maximum absolute atomic E-state index is 10.5. The van der Waals surface area contributed by atoms with Crippen molar-refractivity contribution in [2.75, 3.05) is 13.2 Å². The molecule has 0 heterocycles. The van der Waals surface area contributed by atoms with Crippen molar-refractivity contribution in [2.24, 2.45) is 0 Å². The molecule has 0 aliphatic heterocycles. The van der Waals surface area contributed by atoms with Gasteiger partial charge in [0.05, 0.1) is 0 Å². The lowest BCUT2D eigenvalue weighted by Gasteiger charge is -2.11. The number of benzene rings is 2. The van der Waals surface area contributed by atoms with Gasteiger partial charge >= 0.3 is 5.97 Å². The summed E-state index contributed by atoms with van der Waals surface area (Å²) in [5, 5.41) is 8.66. The van der Waals surface area contributed by atoms with Crippen molar-refractivity contribution in [1.82, 2.24) is 0 Å². The van der Waals surface area contributed by atoms with Crippen molar-refractivity contribution in [1.29, 1.82) is 0 Å². The van der Waals surface area contributed by atoms with E-state index in [0.717, 1.165) is 22.6 Å². The largest absolute Gasteiger partial charge is 0.490 e. The minimum absolute atomic E-state index is 0.143. The van der Waals surface area contributed by atoms with Gasteiger partial charge in [-0.3, -0.25) is 4.79 Å². The van der Waals surface area contributed by atoms with Gasteiger partial charge in [0.2, 0.25) is 0 Å². The van der Waals surface area contributed by atoms with Gasteiger partial charge in [-0.2, -0.15) is 0 Å². The summed E-state index contributed by atoms with van der Waals surface area (Å²) in [5.74, 6) is 0.852. The van der Waals surface area contributed by atoms with Crippen LogP contribution >= 0.6 is 0 Å². The van der Waals surface area contributed by atoms with E-state index in [1.54, 1.807) is 0 Å². The highest BCUT2D eigenvalue weighted by atomic mass is 16.5. The first-order valence-electron chi connectivity index (χ1n) is 7.68. The Hall–Kier alpha value is -2.49. The van der Waals surface area contributed by atoms with Gasteiger partial charge in [0.25, 0.3) is 0 Å². The number of aryl methyl sites for hydroxylation is 3. The Morgan fingerprint density at radius 3 is 2.35 bits per heavy atom. The van der Waals surface area contributed by atoms with E-state index in [0.29, 0.717) is 19.6 Å². The fourth-order valence-corrected chi connectivity index (χ4v) is 2.28. The fourth-order valence-electron chi connectivity index (χ4n) is 2.28. The van der Waals surface area contributed by atoms with E-state index in [2.05, 4.69) is 13.0 Å². The molecule has 1 N–H and O–H groups in total. The van der Waals surface area contributed by atoms with Gasteiger partial charge in [0, 0.05) is 6.42 Å². The number of carboxylic acids is 1. The molecule has 0 fully saturated rings. The Morgan fingerprint density at radius 1 is 1.00 bits per heavy atom. The van der Waals surface area contributed by atoms with Crippen LogP contribution in [0.4, 0.5) is 0 Å². The maximum atomic E-state index is 10.5. The molecule has 2 aromatic rings. The molecule has 0 aliphatic carbocycles. The van der Waals surface area contributed by atoms with Crippen LogP contribution in [0.5, 0.6) is 11.5 Å². The monoisotopic (exact) mass is 314 g/mol. The predicted molar refractivity (Wildman–Crippen MR) is 89.3 cm³/mol. The lowest BCUT2D eigenvalue weighted by Crippen LogP contribution is -2.09. The predicted octanol–water partition coefficient (Wildman–Crippen LogP) is 3.78. The van der Waals surface area contributed by atoms with E-state index in [4.69, 9.17) is 14.6 Å². The summed E-state index contributed by atoms with van der Waals surface area (Å²) in [6.07, 6.45) is 0.676. The van der Waals surface area contributed by atoms with Crippen molar-refractivity contribution in [3.63, 3.8) is 0 Å². The highest BCUT2D eigenvalue weighted by Gasteiger charge is 2.01. The number of ether oxygens (including phenoxy) is 2. The van der Waals surface area contributed by atoms with Gasteiger partial charge in [-0.25, -0.2) is 0 Å². The minimum Gasteiger partial charge on any atom is -0.490 e. The average molecular weight is 314 g/mol. The normalized spacial score (nSPS) is 10.3. The molecule has 0 saturated carbocycles. The number of carboxylic acid groups (broad SMARTS) is 1. The molecule has 0 radical (unpaired) electrons. The third-order valence-electron chi connectivity index (χ3n) is 3.49. The molecular weight excluding hydrogens is 292 g/mol. The molecule has 2 aromatic carbocycles. The number of carbonyl (C=O) groups is 1. The number of hydrogen-bond donors (Lipinski definition) is 1. The van der Waals surface area contributed by atoms with Gasteiger partial charge in [0.1, 0.15) is 24.7 Å². The van der Waals surface area contributed by atoms with Crippen molar-refractivity contribution in [2.45, 2.75) is 26.7 Å². The molecule has 0 unspecified atom stereocenters. The standard InChI is InChI=1S/C19H22O4/c1-14-3-9-18(15(2)13-14)23-12-11-22-17-7-4-16(5-8-17)6-10-19(20)21/h3-5,7-9,13H,6,10-12H2,1-2H3,(H,20,21). The second-order valence-corrected chi connectivity index (χ2v) is 5.50. The van der Waals surface area contributed by atoms with Crippen LogP contribution < -0.4 is 9.47 Å². The zero-order valence-electron chi connectivity index (χ0n) is 13.5. The van der Waals surface area contributed by atoms with Gasteiger partial charge in [0.15, 0.2) is 0 Å². The molecule has 23 heavy (non-hydrogen) atoms. The van der Waals surface area contributed by atoms with E-state index in [1.807, 2.05) is 43.3 Å². The van der Waals surface area contributed by atoms with Gasteiger partial charge in [-0.15, -0.1) is 0 Å². The summed E-state index contributed by atoms with van der Waals surface area (Å²) in [6, 6.07) is 13.6. The summed E-state index contributed by atoms with van der Waals surface area (Å²) < 4.78 is 11.3. The lowest BCUT2D eigenvalue weighted by atomic mass is 10.1. The molecule has 0 bridgehead atoms. The Labute approximate surface area is 136 Å². The molecule has 0 amide bonds. The Morgan fingerprint density at radius 2 is 1.70 bits per heavy atom. The topological polar surface area (TPSA) is 55.8 Å². The Kier molecular flexibility index (Phi) is 6.03. The highest BCUT2D eigenvalue weighted by molar-refractivity contribution is 5.67. The first-order chi connectivity index (χ1) is 11.0. The minimum atomic E-state index is -0.783. The third-order valence-corrected chi connectivity index (χ3v) is 3.49. The number of aliphatic carboxylic acids is 1. The average Bonchev–Trinajstić information content (AvgIpc) is 2.52. The summed E-state index contributed by atoms with van der Waals surface area (Å²) >= 11 is 0. The van der Waals surface area contributed by atoms with E-state index >= 15 is 0 Å². The van der Waals surface area contributed by atoms with Crippen LogP contribution in [0.25, 0.3) is 0 Å². The molecule has 0 atom stereocenters. The van der Waals surface area contributed by atoms with Crippen molar-refractivity contribution >= 4 is 5.97 Å². The highest BCUT2D eigenvalue weighted by Crippen LogP contribution is 2.19. The Bertz CT molecular complexity index is 647. The molecular formula is C19H22O4. The zero-order valence-corrected chi connectivity index (χ0v) is 13.5. The van der Waals surface area contributed by atoms with Crippen LogP contribution in [0, 0.1) is 13.8 Å². The molecule has 0 aromatic heterocycles. The second kappa shape index (κ2) is 8.22. The van der Waals surface area contributed by atoms with Crippen LogP contribution in [-0.4, -0.2) is 24.3 Å². The summed E-state index contributed by atoms with van der Waals surface area (Å²) in [5.41, 5.74) is 3.33. The molecule has 0 saturated heterocycles. The van der Waals surface area contributed by atoms with E-state index in [-0.39, 0.29) is 6.42 Å². The molecule has 4 heteroatoms. The second-order valence-electron chi connectivity index (χ2n) is 5.50. The Balaban J connectivity index is 1.74. The van der Waals surface area contributed by atoms with Crippen LogP contribution in [0.3, 0.4) is 0 Å². The first kappa shape index (κ1) is 16.9. The van der Waals surface area contributed by atoms with Gasteiger partial charge in [-0.05, 0) is 49.6 Å². The third kappa shape index (κ3) is 5.66. The van der Waals surface area contributed by atoms with E-state index in [1.165, 1.54) is 5.56 Å². The number of rotatable bonds is 8. The molecule has 0 spiro atoms. The fraction of sp³-hybridized carbons (Fsp3) is 0.316. The van der Waals surface area contributed by atoms with Crippen molar-refractivity contribution in [3.05, 3.63) is 59.2 Å². The smallest absolute Gasteiger partial charge is 0.303 e. The maximum Gasteiger partial charge on any atom is 0.303 e. The molecule has 122 valence electrons. The summed E-state index contributed by atoms with van der Waals surface area (Å²) in [4.78, 5) is 10.5. The molecule has 0 aliphatic rings. The van der Waals surface area contributed by atoms with Crippen LogP contribution in [0.15, 0.2) is 42.5 Å². The van der Waals surface area contributed by atoms with Crippen LogP contribution in [0.2, 0.25) is 0 Å². The summed E-state index contributed by atoms with van der Waals surface area (Å²) in [6.45, 7) is 5.02. The SMILES string of the molecule is Cc1ccc(OCCOc2ccc(CCC(=O)O)cc2)c(C)c1. The van der Waals surface area contributed by atoms with Crippen molar-refractivity contribution in [3.8, 4) is 11.5 Å². The number of hydrogen-bond acceptors (Lipinski definition) is 3. The van der Waals surface area contributed by atoms with Crippen LogP contribution in [-0.2, 0) is 11.2 Å². The molecule has 4 nitrogen and oxygen atoms in total. The first-order valence-corrected chi connectivity index (χ1v) is 7.68. The summed E-state index contributed by atoms with van der Waals surface area (Å²) in [7, 11) is 0. The van der Waals surface area contributed by atoms with Gasteiger partial charge in [-0.1, -0.05) is 29.8 Å². The lowest BCUT2D eigenvalue weighted by molar-refractivity contribution is -0.136. The van der Waals surface area contributed by atoms with Crippen LogP contribution in [0.1, 0.15) is 23.1 Å². The van der Waals surface area contributed by atoms with Gasteiger partial charge < -0.3 is 14.6 Å². The van der Waals surface area contributed by atoms with E-state index in [9.17, 15) is 4.79 Å².